The summed E-state index contributed by atoms with van der Waals surface area (Å²) < 4.78 is 7.62. The number of rotatable bonds is 5. The molecule has 1 saturated heterocycles. The number of H-pyrrole nitrogens is 1. The standard InChI is InChI=1S/C17H22N6O2/c1-2-6-17(7-9-25-11-17)18-16(24)14-10-12(15-19-21-22-20-15)13-5-3-4-8-23(13)14/h2,10H,1,3-9,11H2,(H,18,24)(H,19,20,21,22). The van der Waals surface area contributed by atoms with E-state index in [0.29, 0.717) is 31.2 Å². The predicted octanol–water partition coefficient (Wildman–Crippen LogP) is 1.47. The minimum Gasteiger partial charge on any atom is -0.379 e. The monoisotopic (exact) mass is 342 g/mol. The Bertz CT molecular complexity index is 773. The van der Waals surface area contributed by atoms with Gasteiger partial charge in [0, 0.05) is 24.4 Å². The quantitative estimate of drug-likeness (QED) is 0.802. The number of hydrogen-bond acceptors (Lipinski definition) is 5. The molecule has 1 atom stereocenters. The molecule has 0 radical (unpaired) electrons. The van der Waals surface area contributed by atoms with Crippen molar-refractivity contribution < 1.29 is 9.53 Å². The van der Waals surface area contributed by atoms with Crippen LogP contribution in [0.1, 0.15) is 41.9 Å². The molecule has 0 saturated carbocycles. The van der Waals surface area contributed by atoms with Crippen LogP contribution in [0.2, 0.25) is 0 Å². The Morgan fingerprint density at radius 1 is 1.52 bits per heavy atom. The number of nitrogens with zero attached hydrogens (tertiary/aromatic N) is 4. The number of ether oxygens (including phenoxy) is 1. The first-order chi connectivity index (χ1) is 12.2. The summed E-state index contributed by atoms with van der Waals surface area (Å²) in [6.45, 7) is 5.84. The molecule has 4 heterocycles. The van der Waals surface area contributed by atoms with E-state index in [9.17, 15) is 4.79 Å². The zero-order chi connectivity index (χ0) is 17.3. The van der Waals surface area contributed by atoms with Crippen LogP contribution < -0.4 is 5.32 Å². The van der Waals surface area contributed by atoms with Crippen molar-refractivity contribution >= 4 is 5.91 Å². The Morgan fingerprint density at radius 3 is 3.16 bits per heavy atom. The number of aromatic amines is 1. The Morgan fingerprint density at radius 2 is 2.44 bits per heavy atom. The highest BCUT2D eigenvalue weighted by Crippen LogP contribution is 2.30. The molecule has 2 aromatic heterocycles. The molecule has 4 rings (SSSR count). The Hall–Kier alpha value is -2.48. The average Bonchev–Trinajstić information content (AvgIpc) is 3.34. The van der Waals surface area contributed by atoms with Crippen LogP contribution in [0.25, 0.3) is 11.4 Å². The number of tetrazole rings is 1. The van der Waals surface area contributed by atoms with Crippen LogP contribution in [-0.2, 0) is 17.7 Å². The van der Waals surface area contributed by atoms with Crippen molar-refractivity contribution in [3.05, 3.63) is 30.1 Å². The highest BCUT2D eigenvalue weighted by atomic mass is 16.5. The molecule has 1 amide bonds. The van der Waals surface area contributed by atoms with Gasteiger partial charge in [-0.3, -0.25) is 4.79 Å². The van der Waals surface area contributed by atoms with Gasteiger partial charge in [-0.1, -0.05) is 6.08 Å². The van der Waals surface area contributed by atoms with Crippen LogP contribution in [-0.4, -0.2) is 49.9 Å². The van der Waals surface area contributed by atoms with E-state index < -0.39 is 0 Å². The van der Waals surface area contributed by atoms with Gasteiger partial charge in [0.15, 0.2) is 0 Å². The molecule has 25 heavy (non-hydrogen) atoms. The Labute approximate surface area is 145 Å². The van der Waals surface area contributed by atoms with Gasteiger partial charge in [-0.25, -0.2) is 0 Å². The smallest absolute Gasteiger partial charge is 0.268 e. The third kappa shape index (κ3) is 2.86. The molecule has 1 fully saturated rings. The van der Waals surface area contributed by atoms with Crippen LogP contribution in [0, 0.1) is 0 Å². The van der Waals surface area contributed by atoms with E-state index in [1.807, 2.05) is 12.1 Å². The molecule has 0 aliphatic carbocycles. The lowest BCUT2D eigenvalue weighted by Crippen LogP contribution is -2.49. The molecule has 2 aliphatic heterocycles. The van der Waals surface area contributed by atoms with Crippen LogP contribution >= 0.6 is 0 Å². The molecule has 132 valence electrons. The van der Waals surface area contributed by atoms with E-state index >= 15 is 0 Å². The van der Waals surface area contributed by atoms with E-state index in [0.717, 1.165) is 43.5 Å². The Kier molecular flexibility index (Phi) is 4.12. The summed E-state index contributed by atoms with van der Waals surface area (Å²) in [4.78, 5) is 13.0. The fraction of sp³-hybridized carbons (Fsp3) is 0.529. The summed E-state index contributed by atoms with van der Waals surface area (Å²) in [6.07, 6.45) is 6.42. The summed E-state index contributed by atoms with van der Waals surface area (Å²) in [5.74, 6) is 0.458. The van der Waals surface area contributed by atoms with E-state index in [-0.39, 0.29) is 11.4 Å². The number of fused-ring (bicyclic) bond motifs is 1. The van der Waals surface area contributed by atoms with E-state index in [2.05, 4.69) is 37.1 Å². The van der Waals surface area contributed by atoms with Gasteiger partial charge in [0.25, 0.3) is 5.91 Å². The zero-order valence-corrected chi connectivity index (χ0v) is 14.1. The van der Waals surface area contributed by atoms with Gasteiger partial charge in [0.05, 0.1) is 12.1 Å². The number of carbonyl (C=O) groups is 1. The molecule has 2 aliphatic rings. The predicted molar refractivity (Wildman–Crippen MR) is 91.0 cm³/mol. The van der Waals surface area contributed by atoms with Crippen molar-refractivity contribution in [2.24, 2.45) is 0 Å². The summed E-state index contributed by atoms with van der Waals surface area (Å²) >= 11 is 0. The van der Waals surface area contributed by atoms with Crippen molar-refractivity contribution in [3.8, 4) is 11.4 Å². The number of amides is 1. The topological polar surface area (TPSA) is 97.7 Å². The molecular weight excluding hydrogens is 320 g/mol. The molecule has 8 heteroatoms. The lowest BCUT2D eigenvalue weighted by molar-refractivity contribution is 0.0869. The highest BCUT2D eigenvalue weighted by Gasteiger charge is 2.36. The molecular formula is C17H22N6O2. The van der Waals surface area contributed by atoms with E-state index in [1.54, 1.807) is 0 Å². The molecule has 8 nitrogen and oxygen atoms in total. The van der Waals surface area contributed by atoms with Gasteiger partial charge in [-0.05, 0) is 43.4 Å². The maximum absolute atomic E-state index is 13.0. The van der Waals surface area contributed by atoms with Crippen molar-refractivity contribution in [3.63, 3.8) is 0 Å². The van der Waals surface area contributed by atoms with Crippen molar-refractivity contribution in [2.45, 2.75) is 44.2 Å². The molecule has 1 unspecified atom stereocenters. The summed E-state index contributed by atoms with van der Waals surface area (Å²) in [6, 6.07) is 1.89. The van der Waals surface area contributed by atoms with Crippen LogP contribution in [0.4, 0.5) is 0 Å². The van der Waals surface area contributed by atoms with Crippen LogP contribution in [0.3, 0.4) is 0 Å². The third-order valence-corrected chi connectivity index (χ3v) is 5.09. The number of nitrogens with one attached hydrogen (secondary N) is 2. The maximum Gasteiger partial charge on any atom is 0.268 e. The molecule has 0 bridgehead atoms. The minimum atomic E-state index is -0.357. The summed E-state index contributed by atoms with van der Waals surface area (Å²) in [7, 11) is 0. The maximum atomic E-state index is 13.0. The van der Waals surface area contributed by atoms with E-state index in [1.165, 1.54) is 0 Å². The summed E-state index contributed by atoms with van der Waals surface area (Å²) in [5, 5.41) is 17.5. The average molecular weight is 342 g/mol. The minimum absolute atomic E-state index is 0.0785. The lowest BCUT2D eigenvalue weighted by atomic mass is 9.94. The van der Waals surface area contributed by atoms with E-state index in [4.69, 9.17) is 4.74 Å². The third-order valence-electron chi connectivity index (χ3n) is 5.09. The fourth-order valence-corrected chi connectivity index (χ4v) is 3.83. The second kappa shape index (κ2) is 6.44. The largest absolute Gasteiger partial charge is 0.379 e. The molecule has 0 spiro atoms. The Balaban J connectivity index is 1.68. The van der Waals surface area contributed by atoms with Gasteiger partial charge >= 0.3 is 0 Å². The van der Waals surface area contributed by atoms with Crippen molar-refractivity contribution in [2.75, 3.05) is 13.2 Å². The molecule has 2 N–H and O–H groups in total. The second-order valence-electron chi connectivity index (χ2n) is 6.76. The SMILES string of the molecule is C=CCC1(NC(=O)c2cc(-c3nn[nH]n3)c3n2CCCC3)CCOC1. The lowest BCUT2D eigenvalue weighted by Gasteiger charge is -2.28. The van der Waals surface area contributed by atoms with Gasteiger partial charge in [-0.2, -0.15) is 5.21 Å². The van der Waals surface area contributed by atoms with Gasteiger partial charge in [-0.15, -0.1) is 16.8 Å². The highest BCUT2D eigenvalue weighted by molar-refractivity contribution is 5.95. The number of carbonyl (C=O) groups excluding carboxylic acids is 1. The zero-order valence-electron chi connectivity index (χ0n) is 14.1. The molecule has 2 aromatic rings. The first kappa shape index (κ1) is 16.0. The van der Waals surface area contributed by atoms with Gasteiger partial charge in [0.2, 0.25) is 5.82 Å². The van der Waals surface area contributed by atoms with Crippen LogP contribution in [0.5, 0.6) is 0 Å². The fourth-order valence-electron chi connectivity index (χ4n) is 3.83. The van der Waals surface area contributed by atoms with Gasteiger partial charge in [0.1, 0.15) is 5.69 Å². The summed E-state index contributed by atoms with van der Waals surface area (Å²) in [5.41, 5.74) is 2.30. The normalized spacial score (nSPS) is 22.6. The second-order valence-corrected chi connectivity index (χ2v) is 6.76. The number of aromatic nitrogens is 5. The van der Waals surface area contributed by atoms with Crippen molar-refractivity contribution in [1.82, 2.24) is 30.5 Å². The van der Waals surface area contributed by atoms with Crippen LogP contribution in [0.15, 0.2) is 18.7 Å². The van der Waals surface area contributed by atoms with Crippen molar-refractivity contribution in [1.29, 1.82) is 0 Å². The van der Waals surface area contributed by atoms with Gasteiger partial charge < -0.3 is 14.6 Å². The number of hydrogen-bond donors (Lipinski definition) is 2. The first-order valence-electron chi connectivity index (χ1n) is 8.70. The molecule has 0 aromatic carbocycles. The first-order valence-corrected chi connectivity index (χ1v) is 8.70.